The molecule has 0 saturated carbocycles. The van der Waals surface area contributed by atoms with Gasteiger partial charge in [0.25, 0.3) is 15.6 Å². The fraction of sp³-hybridized carbons (Fsp3) is 0.118. The van der Waals surface area contributed by atoms with E-state index in [-0.39, 0.29) is 27.0 Å². The Hall–Kier alpha value is -1.92. The Morgan fingerprint density at radius 2 is 1.93 bits per heavy atom. The van der Waals surface area contributed by atoms with E-state index in [1.165, 1.54) is 35.9 Å². The summed E-state index contributed by atoms with van der Waals surface area (Å²) in [5.41, 5.74) is 0.323. The van der Waals surface area contributed by atoms with Crippen LogP contribution in [0.2, 0.25) is 0 Å². The van der Waals surface area contributed by atoms with Gasteiger partial charge in [0.15, 0.2) is 0 Å². The van der Waals surface area contributed by atoms with E-state index in [0.29, 0.717) is 9.13 Å². The number of aryl methyl sites for hydroxylation is 1. The predicted octanol–water partition coefficient (Wildman–Crippen LogP) is 4.04. The third-order valence-electron chi connectivity index (χ3n) is 3.78. The minimum absolute atomic E-state index is 0.130. The Labute approximate surface area is 173 Å². The van der Waals surface area contributed by atoms with Crippen LogP contribution in [0.5, 0.6) is 0 Å². The van der Waals surface area contributed by atoms with Crippen LogP contribution >= 0.6 is 33.9 Å². The fourth-order valence-corrected chi connectivity index (χ4v) is 4.96. The zero-order valence-electron chi connectivity index (χ0n) is 14.3. The zero-order chi connectivity index (χ0) is 19.8. The number of benzene rings is 1. The summed E-state index contributed by atoms with van der Waals surface area (Å²) in [5, 5.41) is 4.49. The molecule has 2 N–H and O–H groups in total. The van der Waals surface area contributed by atoms with E-state index >= 15 is 0 Å². The van der Waals surface area contributed by atoms with Gasteiger partial charge in [0.2, 0.25) is 0 Å². The summed E-state index contributed by atoms with van der Waals surface area (Å²) < 4.78 is 44.0. The topological polar surface area (TPSA) is 80.2 Å². The van der Waals surface area contributed by atoms with Crippen LogP contribution < -0.4 is 15.6 Å². The molecule has 0 aliphatic carbocycles. The quantitative estimate of drug-likeness (QED) is 0.499. The van der Waals surface area contributed by atoms with Crippen LogP contribution in [-0.2, 0) is 17.1 Å². The Kier molecular flexibility index (Phi) is 5.58. The van der Waals surface area contributed by atoms with Crippen molar-refractivity contribution in [3.63, 3.8) is 0 Å². The highest BCUT2D eigenvalue weighted by atomic mass is 127. The summed E-state index contributed by atoms with van der Waals surface area (Å²) in [6, 6.07) is 9.11. The summed E-state index contributed by atoms with van der Waals surface area (Å²) in [5.74, 6) is -0.368. The number of anilines is 3. The maximum atomic E-state index is 14.2. The molecule has 142 valence electrons. The second-order valence-corrected chi connectivity index (χ2v) is 9.84. The van der Waals surface area contributed by atoms with Gasteiger partial charge in [-0.25, -0.2) is 12.8 Å². The van der Waals surface area contributed by atoms with Gasteiger partial charge >= 0.3 is 0 Å². The number of thiophene rings is 1. The maximum Gasteiger partial charge on any atom is 0.271 e. The number of hydrogen-bond donors (Lipinski definition) is 2. The second kappa shape index (κ2) is 7.60. The highest BCUT2D eigenvalue weighted by molar-refractivity contribution is 14.1. The number of nitrogens with one attached hydrogen (secondary N) is 2. The van der Waals surface area contributed by atoms with E-state index in [0.717, 1.165) is 11.3 Å². The van der Waals surface area contributed by atoms with E-state index in [1.54, 1.807) is 24.4 Å². The normalized spacial score (nSPS) is 11.4. The van der Waals surface area contributed by atoms with Crippen LogP contribution in [0, 0.1) is 16.3 Å². The molecule has 0 aliphatic rings. The lowest BCUT2D eigenvalue weighted by Crippen LogP contribution is -2.24. The van der Waals surface area contributed by atoms with E-state index < -0.39 is 15.8 Å². The first-order chi connectivity index (χ1) is 12.7. The maximum absolute atomic E-state index is 14.2. The van der Waals surface area contributed by atoms with E-state index in [1.807, 2.05) is 22.6 Å². The number of nitrogens with zero attached hydrogens (tertiary/aromatic N) is 1. The average Bonchev–Trinajstić information content (AvgIpc) is 3.13. The molecule has 0 atom stereocenters. The average molecular weight is 519 g/mol. The van der Waals surface area contributed by atoms with Gasteiger partial charge in [0, 0.05) is 16.2 Å². The zero-order valence-corrected chi connectivity index (χ0v) is 18.1. The molecule has 1 aromatic carbocycles. The van der Waals surface area contributed by atoms with Gasteiger partial charge in [-0.2, -0.15) is 0 Å². The van der Waals surface area contributed by atoms with Crippen molar-refractivity contribution in [2.24, 2.45) is 7.05 Å². The third kappa shape index (κ3) is 4.17. The van der Waals surface area contributed by atoms with Gasteiger partial charge in [0.05, 0.1) is 11.4 Å². The number of sulfonamides is 1. The van der Waals surface area contributed by atoms with Crippen LogP contribution in [0.25, 0.3) is 0 Å². The third-order valence-corrected chi connectivity index (χ3v) is 7.22. The molecule has 0 saturated heterocycles. The highest BCUT2D eigenvalue weighted by Gasteiger charge is 2.20. The van der Waals surface area contributed by atoms with Crippen LogP contribution in [-0.4, -0.2) is 13.0 Å². The SMILES string of the molecule is Cc1cc(NS(=O)(=O)c2cccs2)c(Nc2ccc(I)cc2F)n(C)c1=O. The van der Waals surface area contributed by atoms with E-state index in [4.69, 9.17) is 0 Å². The Morgan fingerprint density at radius 1 is 1.19 bits per heavy atom. The summed E-state index contributed by atoms with van der Waals surface area (Å²) in [4.78, 5) is 12.3. The van der Waals surface area contributed by atoms with Gasteiger partial charge in [-0.15, -0.1) is 11.3 Å². The highest BCUT2D eigenvalue weighted by Crippen LogP contribution is 2.29. The minimum atomic E-state index is -3.83. The molecule has 3 rings (SSSR count). The number of hydrogen-bond acceptors (Lipinski definition) is 5. The molecular formula is C17H15FIN3O3S2. The fourth-order valence-electron chi connectivity index (χ4n) is 2.45. The lowest BCUT2D eigenvalue weighted by Gasteiger charge is -2.18. The van der Waals surface area contributed by atoms with Crippen LogP contribution in [0.15, 0.2) is 50.8 Å². The van der Waals surface area contributed by atoms with E-state index in [2.05, 4.69) is 10.0 Å². The van der Waals surface area contributed by atoms with Crippen molar-refractivity contribution in [2.75, 3.05) is 10.0 Å². The lowest BCUT2D eigenvalue weighted by atomic mass is 10.2. The van der Waals surface area contributed by atoms with Crippen molar-refractivity contribution in [3.05, 3.63) is 67.1 Å². The van der Waals surface area contributed by atoms with Crippen molar-refractivity contribution in [1.29, 1.82) is 0 Å². The second-order valence-electron chi connectivity index (χ2n) is 5.74. The Bertz CT molecular complexity index is 1160. The molecule has 2 aromatic heterocycles. The van der Waals surface area contributed by atoms with E-state index in [9.17, 15) is 17.6 Å². The molecule has 0 spiro atoms. The lowest BCUT2D eigenvalue weighted by molar-refractivity contribution is 0.603. The smallest absolute Gasteiger partial charge is 0.271 e. The predicted molar refractivity (Wildman–Crippen MR) is 114 cm³/mol. The van der Waals surface area contributed by atoms with Crippen LogP contribution in [0.3, 0.4) is 0 Å². The van der Waals surface area contributed by atoms with Gasteiger partial charge in [-0.3, -0.25) is 14.1 Å². The molecule has 0 aliphatic heterocycles. The first-order valence-electron chi connectivity index (χ1n) is 7.68. The van der Waals surface area contributed by atoms with Crippen molar-refractivity contribution in [2.45, 2.75) is 11.1 Å². The van der Waals surface area contributed by atoms with Gasteiger partial charge in [0.1, 0.15) is 15.8 Å². The first kappa shape index (κ1) is 19.8. The molecule has 3 aromatic rings. The Morgan fingerprint density at radius 3 is 2.56 bits per heavy atom. The summed E-state index contributed by atoms with van der Waals surface area (Å²) in [7, 11) is -2.34. The molecule has 2 heterocycles. The molecule has 10 heteroatoms. The standard InChI is InChI=1S/C17H15FIN3O3S2/c1-10-8-14(21-27(24,25)15-4-3-7-26-15)16(22(2)17(10)23)20-13-6-5-11(19)9-12(13)18/h3-9,20-21H,1-2H3. The number of aromatic nitrogens is 1. The van der Waals surface area contributed by atoms with Gasteiger partial charge in [-0.05, 0) is 65.2 Å². The van der Waals surface area contributed by atoms with Gasteiger partial charge in [-0.1, -0.05) is 6.07 Å². The minimum Gasteiger partial charge on any atom is -0.337 e. The molecule has 0 radical (unpaired) electrons. The van der Waals surface area contributed by atoms with Crippen molar-refractivity contribution in [1.82, 2.24) is 4.57 Å². The Balaban J connectivity index is 2.10. The van der Waals surface area contributed by atoms with Crippen LogP contribution in [0.4, 0.5) is 21.6 Å². The van der Waals surface area contributed by atoms with Crippen molar-refractivity contribution in [3.8, 4) is 0 Å². The molecule has 6 nitrogen and oxygen atoms in total. The largest absolute Gasteiger partial charge is 0.337 e. The summed E-state index contributed by atoms with van der Waals surface area (Å²) >= 11 is 3.06. The number of halogens is 2. The molecule has 0 amide bonds. The monoisotopic (exact) mass is 519 g/mol. The number of rotatable bonds is 5. The van der Waals surface area contributed by atoms with Crippen molar-refractivity contribution < 1.29 is 12.8 Å². The van der Waals surface area contributed by atoms with Gasteiger partial charge < -0.3 is 5.32 Å². The van der Waals surface area contributed by atoms with Crippen molar-refractivity contribution >= 4 is 61.1 Å². The first-order valence-corrected chi connectivity index (χ1v) is 11.1. The molecule has 0 unspecified atom stereocenters. The summed E-state index contributed by atoms with van der Waals surface area (Å²) in [6.45, 7) is 1.58. The molecule has 27 heavy (non-hydrogen) atoms. The molecular weight excluding hydrogens is 504 g/mol. The molecule has 0 fully saturated rings. The molecule has 0 bridgehead atoms. The number of pyridine rings is 1. The van der Waals surface area contributed by atoms with Crippen LogP contribution in [0.1, 0.15) is 5.56 Å². The summed E-state index contributed by atoms with van der Waals surface area (Å²) in [6.07, 6.45) is 0.